The molecule has 1 unspecified atom stereocenters. The minimum atomic E-state index is 0. The van der Waals surface area contributed by atoms with Gasteiger partial charge in [-0.15, -0.1) is 12.4 Å². The van der Waals surface area contributed by atoms with E-state index in [1.807, 2.05) is 0 Å². The van der Waals surface area contributed by atoms with Gasteiger partial charge in [-0.3, -0.25) is 4.90 Å². The van der Waals surface area contributed by atoms with Crippen LogP contribution in [0.2, 0.25) is 0 Å². The molecule has 0 spiro atoms. The molecule has 1 aliphatic carbocycles. The number of nitrogens with zero attached hydrogens (tertiary/aromatic N) is 3. The molecule has 2 aromatic rings. The van der Waals surface area contributed by atoms with E-state index in [0.717, 1.165) is 13.1 Å². The minimum absolute atomic E-state index is 0. The van der Waals surface area contributed by atoms with Crippen LogP contribution in [0.4, 0.5) is 0 Å². The van der Waals surface area contributed by atoms with E-state index in [1.165, 1.54) is 41.4 Å². The van der Waals surface area contributed by atoms with Crippen molar-refractivity contribution in [3.05, 3.63) is 35.0 Å². The lowest BCUT2D eigenvalue weighted by atomic mass is 9.89. The smallest absolute Gasteiger partial charge is 0.0872 e. The van der Waals surface area contributed by atoms with Gasteiger partial charge in [0.25, 0.3) is 0 Å². The molecule has 1 aliphatic heterocycles. The Balaban J connectivity index is 0.00000156. The minimum Gasteiger partial charge on any atom is -0.342 e. The molecule has 4 rings (SSSR count). The van der Waals surface area contributed by atoms with Gasteiger partial charge in [-0.05, 0) is 48.4 Å². The van der Waals surface area contributed by atoms with Crippen LogP contribution in [-0.4, -0.2) is 22.6 Å². The van der Waals surface area contributed by atoms with Gasteiger partial charge in [0.2, 0.25) is 0 Å². The summed E-state index contributed by atoms with van der Waals surface area (Å²) < 4.78 is 2.53. The third kappa shape index (κ3) is 2.45. The third-order valence-corrected chi connectivity index (χ3v) is 5.45. The summed E-state index contributed by atoms with van der Waals surface area (Å²) in [6, 6.07) is 9.83. The molecule has 0 N–H and O–H groups in total. The first-order chi connectivity index (χ1) is 10.7. The normalized spacial score (nSPS) is 20.2. The van der Waals surface area contributed by atoms with E-state index >= 15 is 0 Å². The number of fused-ring (bicyclic) bond motifs is 3. The highest BCUT2D eigenvalue weighted by molar-refractivity contribution is 5.87. The predicted octanol–water partition coefficient (Wildman–Crippen LogP) is 4.40. The third-order valence-electron chi connectivity index (χ3n) is 5.45. The standard InChI is InChI=1S/C19H23N3.ClH/c1-13(2)14-6-7-17-16(12-14)15-4-3-5-18-19(15)22(17)11-10-21(18)9-8-20;/h6-7,12-13,18H,3-5,9-11H2,1-2H3;1H. The highest BCUT2D eigenvalue weighted by atomic mass is 35.5. The van der Waals surface area contributed by atoms with Crippen LogP contribution >= 0.6 is 12.4 Å². The van der Waals surface area contributed by atoms with Crippen molar-refractivity contribution in [2.45, 2.75) is 51.6 Å². The molecular formula is C19H24ClN3. The van der Waals surface area contributed by atoms with Gasteiger partial charge in [0.05, 0.1) is 18.7 Å². The topological polar surface area (TPSA) is 32.0 Å². The molecule has 1 atom stereocenters. The van der Waals surface area contributed by atoms with Gasteiger partial charge < -0.3 is 4.57 Å². The first-order valence-electron chi connectivity index (χ1n) is 8.46. The molecule has 4 heteroatoms. The fraction of sp³-hybridized carbons (Fsp3) is 0.526. The Morgan fingerprint density at radius 3 is 2.87 bits per heavy atom. The molecule has 0 fully saturated rings. The van der Waals surface area contributed by atoms with Crippen LogP contribution in [0.3, 0.4) is 0 Å². The number of rotatable bonds is 2. The summed E-state index contributed by atoms with van der Waals surface area (Å²) in [5.41, 5.74) is 5.89. The molecule has 2 heterocycles. The lowest BCUT2D eigenvalue weighted by molar-refractivity contribution is 0.160. The second kappa shape index (κ2) is 6.19. The number of hydrogen-bond donors (Lipinski definition) is 0. The van der Waals surface area contributed by atoms with E-state index in [4.69, 9.17) is 5.26 Å². The van der Waals surface area contributed by atoms with Crippen LogP contribution in [0.25, 0.3) is 10.9 Å². The summed E-state index contributed by atoms with van der Waals surface area (Å²) in [7, 11) is 0. The van der Waals surface area contributed by atoms with Gasteiger partial charge >= 0.3 is 0 Å². The summed E-state index contributed by atoms with van der Waals surface area (Å²) in [6.45, 7) is 7.11. The number of aromatic nitrogens is 1. The molecule has 23 heavy (non-hydrogen) atoms. The molecule has 0 radical (unpaired) electrons. The highest BCUT2D eigenvalue weighted by Gasteiger charge is 2.34. The van der Waals surface area contributed by atoms with Crippen LogP contribution in [0.15, 0.2) is 18.2 Å². The Morgan fingerprint density at radius 1 is 1.30 bits per heavy atom. The van der Waals surface area contributed by atoms with Crippen LogP contribution in [0, 0.1) is 11.3 Å². The number of halogens is 1. The molecule has 0 saturated heterocycles. The van der Waals surface area contributed by atoms with Gasteiger partial charge in [-0.2, -0.15) is 5.26 Å². The van der Waals surface area contributed by atoms with E-state index in [-0.39, 0.29) is 12.4 Å². The van der Waals surface area contributed by atoms with Crippen molar-refractivity contribution < 1.29 is 0 Å². The molecule has 0 amide bonds. The van der Waals surface area contributed by atoms with Crippen LogP contribution in [0.1, 0.15) is 55.5 Å². The van der Waals surface area contributed by atoms with Gasteiger partial charge in [0.15, 0.2) is 0 Å². The maximum Gasteiger partial charge on any atom is 0.0872 e. The maximum absolute atomic E-state index is 9.11. The maximum atomic E-state index is 9.11. The zero-order valence-corrected chi connectivity index (χ0v) is 14.7. The highest BCUT2D eigenvalue weighted by Crippen LogP contribution is 2.42. The summed E-state index contributed by atoms with van der Waals surface area (Å²) in [5, 5.41) is 10.6. The molecule has 0 bridgehead atoms. The van der Waals surface area contributed by atoms with Crippen molar-refractivity contribution in [1.82, 2.24) is 9.47 Å². The summed E-state index contributed by atoms with van der Waals surface area (Å²) in [6.07, 6.45) is 3.63. The average molecular weight is 330 g/mol. The Bertz CT molecular complexity index is 769. The predicted molar refractivity (Wildman–Crippen MR) is 96.1 cm³/mol. The largest absolute Gasteiger partial charge is 0.342 e. The molecule has 0 saturated carbocycles. The van der Waals surface area contributed by atoms with Crippen molar-refractivity contribution in [2.75, 3.05) is 13.1 Å². The molecule has 2 aliphatic rings. The van der Waals surface area contributed by atoms with Crippen molar-refractivity contribution in [2.24, 2.45) is 0 Å². The zero-order valence-electron chi connectivity index (χ0n) is 13.9. The van der Waals surface area contributed by atoms with Gasteiger partial charge in [0.1, 0.15) is 0 Å². The Hall–Kier alpha value is -1.50. The molecule has 122 valence electrons. The Kier molecular flexibility index (Phi) is 4.40. The summed E-state index contributed by atoms with van der Waals surface area (Å²) in [5.74, 6) is 0.572. The lowest BCUT2D eigenvalue weighted by Crippen LogP contribution is -2.39. The second-order valence-electron chi connectivity index (χ2n) is 6.98. The summed E-state index contributed by atoms with van der Waals surface area (Å²) in [4.78, 5) is 2.38. The van der Waals surface area contributed by atoms with Crippen molar-refractivity contribution >= 4 is 23.3 Å². The van der Waals surface area contributed by atoms with E-state index in [9.17, 15) is 0 Å². The Morgan fingerprint density at radius 2 is 2.13 bits per heavy atom. The molecular weight excluding hydrogens is 306 g/mol. The van der Waals surface area contributed by atoms with Gasteiger partial charge in [0, 0.05) is 29.7 Å². The average Bonchev–Trinajstić information content (AvgIpc) is 2.85. The molecule has 1 aromatic heterocycles. The monoisotopic (exact) mass is 329 g/mol. The quantitative estimate of drug-likeness (QED) is 0.765. The number of benzene rings is 1. The summed E-state index contributed by atoms with van der Waals surface area (Å²) >= 11 is 0. The zero-order chi connectivity index (χ0) is 15.3. The van der Waals surface area contributed by atoms with Crippen LogP contribution in [-0.2, 0) is 13.0 Å². The van der Waals surface area contributed by atoms with Crippen LogP contribution in [0.5, 0.6) is 0 Å². The van der Waals surface area contributed by atoms with Crippen molar-refractivity contribution in [3.63, 3.8) is 0 Å². The Labute approximate surface area is 144 Å². The first-order valence-corrected chi connectivity index (χ1v) is 8.46. The number of hydrogen-bond acceptors (Lipinski definition) is 2. The van der Waals surface area contributed by atoms with Crippen LogP contribution < -0.4 is 0 Å². The van der Waals surface area contributed by atoms with Gasteiger partial charge in [-0.25, -0.2) is 0 Å². The van der Waals surface area contributed by atoms with Crippen molar-refractivity contribution in [3.8, 4) is 6.07 Å². The number of aryl methyl sites for hydroxylation is 1. The van der Waals surface area contributed by atoms with E-state index in [1.54, 1.807) is 5.56 Å². The first kappa shape index (κ1) is 16.4. The van der Waals surface area contributed by atoms with Crippen molar-refractivity contribution in [1.29, 1.82) is 5.26 Å². The lowest BCUT2D eigenvalue weighted by Gasteiger charge is -2.38. The van der Waals surface area contributed by atoms with E-state index < -0.39 is 0 Å². The fourth-order valence-electron chi connectivity index (χ4n) is 4.33. The second-order valence-corrected chi connectivity index (χ2v) is 6.98. The number of nitriles is 1. The molecule has 3 nitrogen and oxygen atoms in total. The fourth-order valence-corrected chi connectivity index (χ4v) is 4.33. The molecule has 1 aromatic carbocycles. The van der Waals surface area contributed by atoms with Gasteiger partial charge in [-0.1, -0.05) is 19.9 Å². The van der Waals surface area contributed by atoms with E-state index in [2.05, 4.69) is 47.6 Å². The van der Waals surface area contributed by atoms with E-state index in [0.29, 0.717) is 18.5 Å². The SMILES string of the molecule is CC(C)c1ccc2c(c1)c1c3n2CCN(CC#N)C3CCC1.Cl.